The number of ether oxygens (including phenoxy) is 4. The summed E-state index contributed by atoms with van der Waals surface area (Å²) in [6.07, 6.45) is 1.15. The summed E-state index contributed by atoms with van der Waals surface area (Å²) in [6, 6.07) is 9.36. The molecule has 0 aliphatic carbocycles. The van der Waals surface area contributed by atoms with Crippen molar-refractivity contribution in [2.45, 2.75) is 78.9 Å². The highest BCUT2D eigenvalue weighted by molar-refractivity contribution is 5.91. The van der Waals surface area contributed by atoms with Crippen LogP contribution in [0.3, 0.4) is 0 Å². The molecule has 10 heteroatoms. The Morgan fingerprint density at radius 1 is 0.738 bits per heavy atom. The van der Waals surface area contributed by atoms with Crippen LogP contribution in [-0.4, -0.2) is 53.7 Å². The van der Waals surface area contributed by atoms with Crippen LogP contribution in [-0.2, 0) is 54.4 Å². The second-order valence-electron chi connectivity index (χ2n) is 11.1. The van der Waals surface area contributed by atoms with Crippen molar-refractivity contribution in [3.05, 3.63) is 80.9 Å². The molecule has 3 rings (SSSR count). The molecule has 0 saturated heterocycles. The quantitative estimate of drug-likeness (QED) is 0.224. The molecule has 2 aromatic heterocycles. The summed E-state index contributed by atoms with van der Waals surface area (Å²) in [5.74, 6) is -1.79. The molecule has 0 aliphatic heterocycles. The number of aromatic nitrogens is 2. The summed E-state index contributed by atoms with van der Waals surface area (Å²) >= 11 is 0. The molecule has 42 heavy (non-hydrogen) atoms. The minimum absolute atomic E-state index is 0.109. The van der Waals surface area contributed by atoms with E-state index in [9.17, 15) is 19.2 Å². The van der Waals surface area contributed by atoms with Crippen LogP contribution in [0.5, 0.6) is 0 Å². The largest absolute Gasteiger partial charge is 0.469 e. The molecular weight excluding hydrogens is 540 g/mol. The van der Waals surface area contributed by atoms with Crippen molar-refractivity contribution in [1.29, 1.82) is 0 Å². The van der Waals surface area contributed by atoms with Gasteiger partial charge in [0.1, 0.15) is 23.6 Å². The van der Waals surface area contributed by atoms with Crippen LogP contribution in [0.1, 0.15) is 93.8 Å². The highest BCUT2D eigenvalue weighted by Gasteiger charge is 2.27. The van der Waals surface area contributed by atoms with Gasteiger partial charge in [0.25, 0.3) is 0 Å². The summed E-state index contributed by atoms with van der Waals surface area (Å²) in [4.78, 5) is 56.6. The first kappa shape index (κ1) is 32.2. The number of carbonyl (C=O) groups is 4. The Bertz CT molecular complexity index is 1430. The van der Waals surface area contributed by atoms with Crippen LogP contribution in [0.15, 0.2) is 30.3 Å². The number of benzene rings is 1. The topological polar surface area (TPSA) is 137 Å². The third kappa shape index (κ3) is 8.34. The molecule has 0 spiro atoms. The molecule has 3 aromatic rings. The van der Waals surface area contributed by atoms with Gasteiger partial charge >= 0.3 is 23.9 Å². The van der Waals surface area contributed by atoms with Gasteiger partial charge in [-0.15, -0.1) is 0 Å². The first-order valence-corrected chi connectivity index (χ1v) is 13.8. The lowest BCUT2D eigenvalue weighted by Crippen LogP contribution is -2.24. The van der Waals surface area contributed by atoms with Crippen molar-refractivity contribution in [1.82, 2.24) is 9.97 Å². The highest BCUT2D eigenvalue weighted by atomic mass is 16.6. The molecule has 0 aliphatic rings. The first-order chi connectivity index (χ1) is 19.8. The van der Waals surface area contributed by atoms with E-state index in [1.165, 1.54) is 14.2 Å². The van der Waals surface area contributed by atoms with Gasteiger partial charge in [0.05, 0.1) is 14.2 Å². The molecular formula is C32H40N2O8. The fourth-order valence-electron chi connectivity index (χ4n) is 4.74. The van der Waals surface area contributed by atoms with E-state index < -0.39 is 17.5 Å². The van der Waals surface area contributed by atoms with E-state index in [0.29, 0.717) is 41.1 Å². The Labute approximate surface area is 246 Å². The van der Waals surface area contributed by atoms with Crippen LogP contribution in [0.25, 0.3) is 0 Å². The third-order valence-electron chi connectivity index (χ3n) is 6.92. The molecule has 1 aromatic carbocycles. The predicted octanol–water partition coefficient (Wildman–Crippen LogP) is 5.07. The van der Waals surface area contributed by atoms with E-state index in [1.54, 1.807) is 34.6 Å². The van der Waals surface area contributed by atoms with Gasteiger partial charge in [-0.3, -0.25) is 9.59 Å². The number of methoxy groups -OCH3 is 2. The lowest BCUT2D eigenvalue weighted by atomic mass is 9.98. The van der Waals surface area contributed by atoms with Gasteiger partial charge in [-0.2, -0.15) is 0 Å². The summed E-state index contributed by atoms with van der Waals surface area (Å²) in [6.45, 7) is 9.08. The average molecular weight is 581 g/mol. The molecule has 10 nitrogen and oxygen atoms in total. The maximum absolute atomic E-state index is 13.1. The first-order valence-electron chi connectivity index (χ1n) is 13.8. The molecule has 2 N–H and O–H groups in total. The minimum Gasteiger partial charge on any atom is -0.469 e. The normalized spacial score (nSPS) is 11.2. The molecule has 0 fully saturated rings. The van der Waals surface area contributed by atoms with Crippen LogP contribution in [0.2, 0.25) is 0 Å². The summed E-state index contributed by atoms with van der Waals surface area (Å²) < 4.78 is 20.9. The van der Waals surface area contributed by atoms with E-state index in [4.69, 9.17) is 18.9 Å². The standard InChI is InChI=1S/C32H40N2O8/c1-19-22(13-15-26(35)39-6)24(33-28(19)30(37)41-18-21-11-9-8-10-12-21)17-25-23(14-16-27(36)40-7)20(2)29(34-25)31(38)42-32(3,4)5/h8-12,33-34H,13-18H2,1-7H3. The number of carbonyl (C=O) groups excluding carboxylic acids is 4. The molecule has 0 unspecified atom stereocenters. The zero-order valence-corrected chi connectivity index (χ0v) is 25.4. The summed E-state index contributed by atoms with van der Waals surface area (Å²) in [5.41, 5.74) is 4.98. The van der Waals surface area contributed by atoms with Crippen LogP contribution >= 0.6 is 0 Å². The van der Waals surface area contributed by atoms with Gasteiger partial charge in [0.15, 0.2) is 0 Å². The number of nitrogens with one attached hydrogen (secondary N) is 2. The summed E-state index contributed by atoms with van der Waals surface area (Å²) in [5, 5.41) is 0. The Balaban J connectivity index is 2.00. The number of hydrogen-bond acceptors (Lipinski definition) is 8. The Morgan fingerprint density at radius 2 is 1.21 bits per heavy atom. The van der Waals surface area contributed by atoms with E-state index in [0.717, 1.165) is 16.7 Å². The molecule has 2 heterocycles. The van der Waals surface area contributed by atoms with Crippen molar-refractivity contribution >= 4 is 23.9 Å². The molecule has 0 atom stereocenters. The molecule has 0 bridgehead atoms. The Hall–Kier alpha value is -4.34. The number of aromatic amines is 2. The maximum Gasteiger partial charge on any atom is 0.355 e. The van der Waals surface area contributed by atoms with Crippen molar-refractivity contribution in [3.63, 3.8) is 0 Å². The number of H-pyrrole nitrogens is 2. The number of rotatable bonds is 12. The molecule has 0 radical (unpaired) electrons. The predicted molar refractivity (Wildman–Crippen MR) is 155 cm³/mol. The van der Waals surface area contributed by atoms with Crippen LogP contribution in [0, 0.1) is 13.8 Å². The lowest BCUT2D eigenvalue weighted by Gasteiger charge is -2.19. The second kappa shape index (κ2) is 14.0. The van der Waals surface area contributed by atoms with Crippen molar-refractivity contribution in [3.8, 4) is 0 Å². The number of hydrogen-bond donors (Lipinski definition) is 2. The fourth-order valence-corrected chi connectivity index (χ4v) is 4.74. The Kier molecular flexibility index (Phi) is 10.7. The second-order valence-corrected chi connectivity index (χ2v) is 11.1. The van der Waals surface area contributed by atoms with Crippen LogP contribution < -0.4 is 0 Å². The zero-order valence-electron chi connectivity index (χ0n) is 25.4. The summed E-state index contributed by atoms with van der Waals surface area (Å²) in [7, 11) is 2.65. The van der Waals surface area contributed by atoms with Crippen LogP contribution in [0.4, 0.5) is 0 Å². The molecule has 0 saturated carbocycles. The van der Waals surface area contributed by atoms with Gasteiger partial charge in [-0.25, -0.2) is 9.59 Å². The maximum atomic E-state index is 13.1. The van der Waals surface area contributed by atoms with E-state index in [1.807, 2.05) is 30.3 Å². The van der Waals surface area contributed by atoms with Gasteiger partial charge in [-0.1, -0.05) is 30.3 Å². The van der Waals surface area contributed by atoms with E-state index >= 15 is 0 Å². The average Bonchev–Trinajstić information content (AvgIpc) is 3.43. The smallest absolute Gasteiger partial charge is 0.355 e. The van der Waals surface area contributed by atoms with Crippen molar-refractivity contribution < 1.29 is 38.1 Å². The van der Waals surface area contributed by atoms with E-state index in [-0.39, 0.29) is 43.5 Å². The van der Waals surface area contributed by atoms with E-state index in [2.05, 4.69) is 9.97 Å². The zero-order chi connectivity index (χ0) is 31.0. The lowest BCUT2D eigenvalue weighted by molar-refractivity contribution is -0.141. The number of esters is 4. The molecule has 226 valence electrons. The Morgan fingerprint density at radius 3 is 1.67 bits per heavy atom. The monoisotopic (exact) mass is 580 g/mol. The van der Waals surface area contributed by atoms with Gasteiger partial charge in [0, 0.05) is 30.7 Å². The van der Waals surface area contributed by atoms with Gasteiger partial charge in [-0.05, 0) is 75.3 Å². The fraction of sp³-hybridized carbons (Fsp3) is 0.438. The molecule has 0 amide bonds. The third-order valence-corrected chi connectivity index (χ3v) is 6.92. The SMILES string of the molecule is COC(=O)CCc1c(Cc2[nH]c(C(=O)OC(C)(C)C)c(C)c2CCC(=O)OC)[nH]c(C(=O)OCc2ccccc2)c1C. The van der Waals surface area contributed by atoms with Crippen molar-refractivity contribution in [2.75, 3.05) is 14.2 Å². The van der Waals surface area contributed by atoms with Gasteiger partial charge < -0.3 is 28.9 Å². The van der Waals surface area contributed by atoms with Gasteiger partial charge in [0.2, 0.25) is 0 Å². The highest BCUT2D eigenvalue weighted by Crippen LogP contribution is 2.28. The minimum atomic E-state index is -0.701. The van der Waals surface area contributed by atoms with Crippen molar-refractivity contribution in [2.24, 2.45) is 0 Å².